The first-order valence-corrected chi connectivity index (χ1v) is 7.80. The lowest BCUT2D eigenvalue weighted by atomic mass is 10.1. The largest absolute Gasteiger partial charge is 0.497 e. The first kappa shape index (κ1) is 16.0. The van der Waals surface area contributed by atoms with E-state index in [4.69, 9.17) is 4.74 Å². The van der Waals surface area contributed by atoms with Gasteiger partial charge < -0.3 is 4.74 Å². The molecule has 0 aliphatic heterocycles. The lowest BCUT2D eigenvalue weighted by Crippen LogP contribution is -1.95. The number of methoxy groups -OCH3 is 1. The van der Waals surface area contributed by atoms with Crippen molar-refractivity contribution >= 4 is 0 Å². The zero-order chi connectivity index (χ0) is 15.6. The van der Waals surface area contributed by atoms with E-state index in [9.17, 15) is 0 Å². The van der Waals surface area contributed by atoms with E-state index in [1.54, 1.807) is 7.11 Å². The van der Waals surface area contributed by atoms with Crippen LogP contribution in [-0.4, -0.2) is 17.3 Å². The third-order valence-electron chi connectivity index (χ3n) is 3.43. The summed E-state index contributed by atoms with van der Waals surface area (Å²) in [5, 5.41) is 8.42. The highest BCUT2D eigenvalue weighted by Crippen LogP contribution is 2.10. The molecule has 0 aliphatic rings. The number of ether oxygens (including phenoxy) is 1. The summed E-state index contributed by atoms with van der Waals surface area (Å²) in [6.07, 6.45) is 5.99. The highest BCUT2D eigenvalue weighted by molar-refractivity contribution is 5.42. The Kier molecular flexibility index (Phi) is 6.44. The van der Waals surface area contributed by atoms with E-state index in [0.717, 1.165) is 23.4 Å². The minimum atomic E-state index is 0.702. The van der Waals surface area contributed by atoms with Gasteiger partial charge in [0.05, 0.1) is 12.8 Å². The topological polar surface area (TPSA) is 35.0 Å². The molecule has 22 heavy (non-hydrogen) atoms. The van der Waals surface area contributed by atoms with E-state index in [-0.39, 0.29) is 0 Å². The molecular weight excluding hydrogens is 272 g/mol. The highest BCUT2D eigenvalue weighted by atomic mass is 16.5. The van der Waals surface area contributed by atoms with Gasteiger partial charge in [-0.3, -0.25) is 0 Å². The summed E-state index contributed by atoms with van der Waals surface area (Å²) in [5.41, 5.74) is 2.69. The number of benzene rings is 1. The molecule has 0 atom stereocenters. The van der Waals surface area contributed by atoms with E-state index in [1.165, 1.54) is 25.7 Å². The Morgan fingerprint density at radius 2 is 1.73 bits per heavy atom. The summed E-state index contributed by atoms with van der Waals surface area (Å²) in [6.45, 7) is 2.22. The number of hydrogen-bond donors (Lipinski definition) is 0. The molecule has 0 unspecified atom stereocenters. The fraction of sp³-hybridized carbons (Fsp3) is 0.368. The van der Waals surface area contributed by atoms with Crippen LogP contribution >= 0.6 is 0 Å². The molecule has 0 aliphatic carbocycles. The number of unbranched alkanes of at least 4 members (excludes halogenated alkanes) is 3. The SMILES string of the molecule is CCCCCCc1ccc(C#Cc2ccc(OC)cc2)nn1. The van der Waals surface area contributed by atoms with Crippen molar-refractivity contribution in [2.24, 2.45) is 0 Å². The molecule has 1 aromatic carbocycles. The second kappa shape index (κ2) is 8.84. The molecular formula is C19H22N2O. The average Bonchev–Trinajstić information content (AvgIpc) is 2.58. The summed E-state index contributed by atoms with van der Waals surface area (Å²) in [4.78, 5) is 0. The molecule has 3 heteroatoms. The zero-order valence-electron chi connectivity index (χ0n) is 13.3. The Bertz CT molecular complexity index is 621. The predicted octanol–water partition coefficient (Wildman–Crippen LogP) is 4.01. The van der Waals surface area contributed by atoms with Gasteiger partial charge in [0.2, 0.25) is 0 Å². The molecule has 0 radical (unpaired) electrons. The number of aromatic nitrogens is 2. The van der Waals surface area contributed by atoms with Crippen molar-refractivity contribution in [3.05, 3.63) is 53.3 Å². The molecule has 0 spiro atoms. The van der Waals surface area contributed by atoms with Crippen LogP contribution in [0.25, 0.3) is 0 Å². The van der Waals surface area contributed by atoms with Gasteiger partial charge in [-0.2, -0.15) is 5.10 Å². The van der Waals surface area contributed by atoms with Gasteiger partial charge in [-0.25, -0.2) is 0 Å². The van der Waals surface area contributed by atoms with E-state index in [0.29, 0.717) is 5.69 Å². The number of hydrogen-bond acceptors (Lipinski definition) is 3. The van der Waals surface area contributed by atoms with Gasteiger partial charge in [-0.05, 0) is 55.2 Å². The molecule has 0 N–H and O–H groups in total. The van der Waals surface area contributed by atoms with Crippen LogP contribution in [0.4, 0.5) is 0 Å². The quantitative estimate of drug-likeness (QED) is 0.596. The molecule has 114 valence electrons. The van der Waals surface area contributed by atoms with Crippen molar-refractivity contribution in [3.8, 4) is 17.6 Å². The summed E-state index contributed by atoms with van der Waals surface area (Å²) < 4.78 is 5.12. The summed E-state index contributed by atoms with van der Waals surface area (Å²) in [5.74, 6) is 6.95. The first-order chi connectivity index (χ1) is 10.8. The molecule has 0 amide bonds. The Morgan fingerprint density at radius 3 is 2.36 bits per heavy atom. The summed E-state index contributed by atoms with van der Waals surface area (Å²) >= 11 is 0. The molecule has 0 bridgehead atoms. The Hall–Kier alpha value is -2.34. The van der Waals surface area contributed by atoms with Crippen LogP contribution in [0.3, 0.4) is 0 Å². The molecule has 3 nitrogen and oxygen atoms in total. The Balaban J connectivity index is 1.92. The summed E-state index contributed by atoms with van der Waals surface area (Å²) in [7, 11) is 1.65. The van der Waals surface area contributed by atoms with Crippen molar-refractivity contribution in [2.45, 2.75) is 39.0 Å². The third kappa shape index (κ3) is 5.21. The van der Waals surface area contributed by atoms with E-state index in [1.807, 2.05) is 36.4 Å². The van der Waals surface area contributed by atoms with Crippen molar-refractivity contribution in [2.75, 3.05) is 7.11 Å². The van der Waals surface area contributed by atoms with Gasteiger partial charge in [0.15, 0.2) is 0 Å². The number of aryl methyl sites for hydroxylation is 1. The molecule has 1 heterocycles. The zero-order valence-corrected chi connectivity index (χ0v) is 13.3. The van der Waals surface area contributed by atoms with Gasteiger partial charge in [0.25, 0.3) is 0 Å². The van der Waals surface area contributed by atoms with Gasteiger partial charge in [-0.15, -0.1) is 5.10 Å². The van der Waals surface area contributed by atoms with Gasteiger partial charge >= 0.3 is 0 Å². The van der Waals surface area contributed by atoms with Crippen LogP contribution in [0.5, 0.6) is 5.75 Å². The fourth-order valence-corrected chi connectivity index (χ4v) is 2.10. The predicted molar refractivity (Wildman–Crippen MR) is 88.9 cm³/mol. The van der Waals surface area contributed by atoms with Crippen molar-refractivity contribution in [1.29, 1.82) is 0 Å². The second-order valence-electron chi connectivity index (χ2n) is 5.20. The van der Waals surface area contributed by atoms with Crippen LogP contribution < -0.4 is 4.74 Å². The third-order valence-corrected chi connectivity index (χ3v) is 3.43. The van der Waals surface area contributed by atoms with Crippen LogP contribution in [-0.2, 0) is 6.42 Å². The molecule has 2 rings (SSSR count). The van der Waals surface area contributed by atoms with Crippen LogP contribution in [0, 0.1) is 11.8 Å². The van der Waals surface area contributed by atoms with E-state index >= 15 is 0 Å². The fourth-order valence-electron chi connectivity index (χ4n) is 2.10. The highest BCUT2D eigenvalue weighted by Gasteiger charge is 1.97. The van der Waals surface area contributed by atoms with Gasteiger partial charge in [0.1, 0.15) is 11.4 Å². The maximum Gasteiger partial charge on any atom is 0.136 e. The smallest absolute Gasteiger partial charge is 0.136 e. The molecule has 0 saturated heterocycles. The minimum absolute atomic E-state index is 0.702. The Labute approximate surface area is 132 Å². The molecule has 0 fully saturated rings. The summed E-state index contributed by atoms with van der Waals surface area (Å²) in [6, 6.07) is 11.6. The number of rotatable bonds is 6. The van der Waals surface area contributed by atoms with E-state index in [2.05, 4.69) is 29.0 Å². The van der Waals surface area contributed by atoms with Crippen LogP contribution in [0.2, 0.25) is 0 Å². The van der Waals surface area contributed by atoms with Crippen molar-refractivity contribution in [1.82, 2.24) is 10.2 Å². The van der Waals surface area contributed by atoms with Crippen molar-refractivity contribution in [3.63, 3.8) is 0 Å². The Morgan fingerprint density at radius 1 is 0.909 bits per heavy atom. The first-order valence-electron chi connectivity index (χ1n) is 7.80. The molecule has 2 aromatic rings. The second-order valence-corrected chi connectivity index (χ2v) is 5.20. The minimum Gasteiger partial charge on any atom is -0.497 e. The normalized spacial score (nSPS) is 9.91. The maximum absolute atomic E-state index is 5.12. The monoisotopic (exact) mass is 294 g/mol. The number of nitrogens with zero attached hydrogens (tertiary/aromatic N) is 2. The van der Waals surface area contributed by atoms with E-state index < -0.39 is 0 Å². The van der Waals surface area contributed by atoms with Crippen molar-refractivity contribution < 1.29 is 4.74 Å². The van der Waals surface area contributed by atoms with Gasteiger partial charge in [0, 0.05) is 5.56 Å². The lowest BCUT2D eigenvalue weighted by Gasteiger charge is -1.99. The van der Waals surface area contributed by atoms with Crippen LogP contribution in [0.15, 0.2) is 36.4 Å². The standard InChI is InChI=1S/C19H22N2O/c1-3-4-5-6-7-17-12-13-18(21-20-17)11-8-16-9-14-19(22-2)15-10-16/h9-10,12-15H,3-7H2,1-2H3. The van der Waals surface area contributed by atoms with Gasteiger partial charge in [-0.1, -0.05) is 32.1 Å². The van der Waals surface area contributed by atoms with Crippen LogP contribution in [0.1, 0.15) is 49.6 Å². The maximum atomic E-state index is 5.12. The molecule has 0 saturated carbocycles. The molecule has 1 aromatic heterocycles. The lowest BCUT2D eigenvalue weighted by molar-refractivity contribution is 0.415. The average molecular weight is 294 g/mol.